The summed E-state index contributed by atoms with van der Waals surface area (Å²) in [5, 5.41) is 0. The van der Waals surface area contributed by atoms with E-state index in [2.05, 4.69) is 16.7 Å². The fraction of sp³-hybridized carbons (Fsp3) is 0.647. The van der Waals surface area contributed by atoms with Gasteiger partial charge in [0.15, 0.2) is 0 Å². The van der Waals surface area contributed by atoms with Gasteiger partial charge >= 0.3 is 0 Å². The van der Waals surface area contributed by atoms with E-state index in [9.17, 15) is 4.21 Å². The Morgan fingerprint density at radius 2 is 2.00 bits per heavy atom. The van der Waals surface area contributed by atoms with Crippen molar-refractivity contribution in [1.29, 1.82) is 0 Å². The zero-order valence-corrected chi connectivity index (χ0v) is 14.6. The van der Waals surface area contributed by atoms with E-state index in [0.29, 0.717) is 6.04 Å². The number of piperazine rings is 1. The molecule has 22 heavy (non-hydrogen) atoms. The third-order valence-corrected chi connectivity index (χ3v) is 5.69. The number of hydrogen-bond donors (Lipinski definition) is 0. The predicted octanol–water partition coefficient (Wildman–Crippen LogP) is 1.84. The minimum atomic E-state index is -0.887. The van der Waals surface area contributed by atoms with Crippen LogP contribution in [0.25, 0.3) is 0 Å². The molecule has 0 spiro atoms. The molecular formula is C17H28N2O2S. The summed E-state index contributed by atoms with van der Waals surface area (Å²) in [7, 11) is 0.873. The zero-order valence-electron chi connectivity index (χ0n) is 13.7. The molecule has 124 valence electrons. The van der Waals surface area contributed by atoms with Crippen LogP contribution in [0.1, 0.15) is 13.3 Å². The summed E-state index contributed by atoms with van der Waals surface area (Å²) >= 11 is 0. The molecule has 0 radical (unpaired) electrons. The molecule has 1 fully saturated rings. The van der Waals surface area contributed by atoms with E-state index in [1.54, 1.807) is 7.11 Å². The summed E-state index contributed by atoms with van der Waals surface area (Å²) in [6, 6.07) is 10.4. The molecule has 0 bridgehead atoms. The van der Waals surface area contributed by atoms with Crippen molar-refractivity contribution in [2.24, 2.45) is 0 Å². The molecule has 1 aromatic carbocycles. The third-order valence-electron chi connectivity index (χ3n) is 4.34. The van der Waals surface area contributed by atoms with E-state index >= 15 is 0 Å². The minimum absolute atomic E-state index is 0.592. The number of ether oxygens (including phenoxy) is 1. The van der Waals surface area contributed by atoms with Crippen LogP contribution in [0.15, 0.2) is 35.2 Å². The molecule has 2 atom stereocenters. The molecule has 5 heteroatoms. The highest BCUT2D eigenvalue weighted by molar-refractivity contribution is 7.85. The van der Waals surface area contributed by atoms with Crippen molar-refractivity contribution in [3.63, 3.8) is 0 Å². The lowest BCUT2D eigenvalue weighted by Gasteiger charge is -2.41. The van der Waals surface area contributed by atoms with Crippen LogP contribution < -0.4 is 0 Å². The van der Waals surface area contributed by atoms with Gasteiger partial charge in [-0.15, -0.1) is 0 Å². The standard InChI is InChI=1S/C17H28N2O2S/c1-3-16-15-18(9-10-19(16)11-13-21-2)12-14-22(20)17-7-5-4-6-8-17/h4-8,16H,3,9-15H2,1-2H3. The van der Waals surface area contributed by atoms with Crippen molar-refractivity contribution in [2.45, 2.75) is 24.3 Å². The van der Waals surface area contributed by atoms with Gasteiger partial charge in [0.25, 0.3) is 0 Å². The molecule has 1 aromatic rings. The number of methoxy groups -OCH3 is 1. The second-order valence-electron chi connectivity index (χ2n) is 5.75. The van der Waals surface area contributed by atoms with Crippen LogP contribution in [0.2, 0.25) is 0 Å². The van der Waals surface area contributed by atoms with Gasteiger partial charge in [0.1, 0.15) is 0 Å². The highest BCUT2D eigenvalue weighted by Gasteiger charge is 2.25. The molecule has 1 heterocycles. The normalized spacial score (nSPS) is 21.8. The first-order valence-electron chi connectivity index (χ1n) is 8.13. The molecule has 0 amide bonds. The Morgan fingerprint density at radius 1 is 1.23 bits per heavy atom. The first-order chi connectivity index (χ1) is 10.7. The van der Waals surface area contributed by atoms with Gasteiger partial charge < -0.3 is 4.74 Å². The molecule has 1 aliphatic heterocycles. The molecule has 2 rings (SSSR count). The summed E-state index contributed by atoms with van der Waals surface area (Å²) in [6.45, 7) is 8.19. The fourth-order valence-electron chi connectivity index (χ4n) is 2.95. The molecule has 1 aliphatic rings. The summed E-state index contributed by atoms with van der Waals surface area (Å²) in [6.07, 6.45) is 1.15. The van der Waals surface area contributed by atoms with Gasteiger partial charge in [-0.2, -0.15) is 0 Å². The molecule has 0 N–H and O–H groups in total. The Hall–Kier alpha value is -0.750. The lowest BCUT2D eigenvalue weighted by Crippen LogP contribution is -2.54. The maximum absolute atomic E-state index is 12.3. The molecule has 0 aromatic heterocycles. The molecule has 0 aliphatic carbocycles. The van der Waals surface area contributed by atoms with Gasteiger partial charge in [-0.05, 0) is 18.6 Å². The van der Waals surface area contributed by atoms with Crippen LogP contribution in [0.3, 0.4) is 0 Å². The van der Waals surface area contributed by atoms with Gasteiger partial charge in [0.05, 0.1) is 17.4 Å². The van der Waals surface area contributed by atoms with E-state index in [1.165, 1.54) is 0 Å². The van der Waals surface area contributed by atoms with Crippen LogP contribution in [0.5, 0.6) is 0 Å². The average Bonchev–Trinajstić information content (AvgIpc) is 2.58. The van der Waals surface area contributed by atoms with E-state index in [4.69, 9.17) is 4.74 Å². The topological polar surface area (TPSA) is 32.8 Å². The van der Waals surface area contributed by atoms with Crippen LogP contribution in [0, 0.1) is 0 Å². The van der Waals surface area contributed by atoms with Crippen LogP contribution in [-0.4, -0.2) is 72.2 Å². The second-order valence-corrected chi connectivity index (χ2v) is 7.32. The molecule has 2 unspecified atom stereocenters. The third kappa shape index (κ3) is 5.16. The van der Waals surface area contributed by atoms with E-state index in [0.717, 1.165) is 56.4 Å². The van der Waals surface area contributed by atoms with Crippen molar-refractivity contribution >= 4 is 10.8 Å². The van der Waals surface area contributed by atoms with Crippen molar-refractivity contribution < 1.29 is 8.95 Å². The highest BCUT2D eigenvalue weighted by atomic mass is 32.2. The highest BCUT2D eigenvalue weighted by Crippen LogP contribution is 2.13. The number of hydrogen-bond acceptors (Lipinski definition) is 4. The number of rotatable bonds is 8. The van der Waals surface area contributed by atoms with Crippen LogP contribution in [-0.2, 0) is 15.5 Å². The zero-order chi connectivity index (χ0) is 15.8. The second kappa shape index (κ2) is 9.40. The Morgan fingerprint density at radius 3 is 2.68 bits per heavy atom. The Kier molecular flexibility index (Phi) is 7.52. The van der Waals surface area contributed by atoms with Gasteiger partial charge in [0, 0.05) is 56.5 Å². The summed E-state index contributed by atoms with van der Waals surface area (Å²) in [5.74, 6) is 0.721. The minimum Gasteiger partial charge on any atom is -0.383 e. The SMILES string of the molecule is CCC1CN(CCS(=O)c2ccccc2)CCN1CCOC. The quantitative estimate of drug-likeness (QED) is 0.730. The average molecular weight is 324 g/mol. The lowest BCUT2D eigenvalue weighted by atomic mass is 10.1. The largest absolute Gasteiger partial charge is 0.383 e. The predicted molar refractivity (Wildman–Crippen MR) is 91.7 cm³/mol. The summed E-state index contributed by atoms with van der Waals surface area (Å²) in [5.41, 5.74) is 0. The Balaban J connectivity index is 1.78. The van der Waals surface area contributed by atoms with E-state index < -0.39 is 10.8 Å². The molecule has 0 saturated carbocycles. The molecule has 1 saturated heterocycles. The summed E-state index contributed by atoms with van der Waals surface area (Å²) in [4.78, 5) is 5.92. The van der Waals surface area contributed by atoms with Crippen LogP contribution >= 0.6 is 0 Å². The lowest BCUT2D eigenvalue weighted by molar-refractivity contribution is 0.0525. The first kappa shape index (κ1) is 17.6. The van der Waals surface area contributed by atoms with E-state index in [-0.39, 0.29) is 0 Å². The fourth-order valence-corrected chi connectivity index (χ4v) is 4.07. The summed E-state index contributed by atoms with van der Waals surface area (Å²) < 4.78 is 17.5. The van der Waals surface area contributed by atoms with Gasteiger partial charge in [-0.25, -0.2) is 0 Å². The Bertz CT molecular complexity index is 455. The first-order valence-corrected chi connectivity index (χ1v) is 9.45. The van der Waals surface area contributed by atoms with Gasteiger partial charge in [-0.1, -0.05) is 25.1 Å². The van der Waals surface area contributed by atoms with Crippen molar-refractivity contribution in [2.75, 3.05) is 52.2 Å². The smallest absolute Gasteiger partial charge is 0.0589 e. The van der Waals surface area contributed by atoms with E-state index in [1.807, 2.05) is 30.3 Å². The van der Waals surface area contributed by atoms with Crippen molar-refractivity contribution in [3.05, 3.63) is 30.3 Å². The number of nitrogens with zero attached hydrogens (tertiary/aromatic N) is 2. The number of benzene rings is 1. The van der Waals surface area contributed by atoms with Gasteiger partial charge in [-0.3, -0.25) is 14.0 Å². The molecule has 4 nitrogen and oxygen atoms in total. The maximum atomic E-state index is 12.3. The Labute approximate surface area is 136 Å². The van der Waals surface area contributed by atoms with Gasteiger partial charge in [0.2, 0.25) is 0 Å². The molecular weight excluding hydrogens is 296 g/mol. The maximum Gasteiger partial charge on any atom is 0.0589 e. The van der Waals surface area contributed by atoms with Crippen LogP contribution in [0.4, 0.5) is 0 Å². The monoisotopic (exact) mass is 324 g/mol. The van der Waals surface area contributed by atoms with Crippen molar-refractivity contribution in [3.8, 4) is 0 Å². The van der Waals surface area contributed by atoms with Crippen molar-refractivity contribution in [1.82, 2.24) is 9.80 Å².